The second-order valence-electron chi connectivity index (χ2n) is 5.59. The van der Waals surface area contributed by atoms with Gasteiger partial charge in [0.2, 0.25) is 0 Å². The molecule has 1 aliphatic rings. The Balaban J connectivity index is 1.92. The normalized spacial score (nSPS) is 27.3. The van der Waals surface area contributed by atoms with Crippen LogP contribution in [0, 0.1) is 5.92 Å². The number of piperazine rings is 1. The van der Waals surface area contributed by atoms with Crippen molar-refractivity contribution in [1.29, 1.82) is 0 Å². The molecule has 1 aromatic rings. The van der Waals surface area contributed by atoms with Gasteiger partial charge in [-0.3, -0.25) is 4.90 Å². The SMILES string of the molecule is CCC(C)C1CNC(C)CN1CCc1cccs1. The molecule has 0 aromatic carbocycles. The van der Waals surface area contributed by atoms with E-state index in [9.17, 15) is 0 Å². The molecule has 1 aliphatic heterocycles. The Labute approximate surface area is 115 Å². The molecule has 2 rings (SSSR count). The molecule has 1 aromatic heterocycles. The molecule has 18 heavy (non-hydrogen) atoms. The first kappa shape index (κ1) is 14.0. The fourth-order valence-corrected chi connectivity index (χ4v) is 3.50. The summed E-state index contributed by atoms with van der Waals surface area (Å²) >= 11 is 1.89. The van der Waals surface area contributed by atoms with Crippen LogP contribution in [0.5, 0.6) is 0 Å². The lowest BCUT2D eigenvalue weighted by Gasteiger charge is -2.42. The van der Waals surface area contributed by atoms with Crippen molar-refractivity contribution < 1.29 is 0 Å². The smallest absolute Gasteiger partial charge is 0.0247 e. The summed E-state index contributed by atoms with van der Waals surface area (Å²) < 4.78 is 0. The van der Waals surface area contributed by atoms with Crippen molar-refractivity contribution in [2.75, 3.05) is 19.6 Å². The molecule has 1 fully saturated rings. The molecule has 3 unspecified atom stereocenters. The third kappa shape index (κ3) is 3.56. The lowest BCUT2D eigenvalue weighted by atomic mass is 9.94. The van der Waals surface area contributed by atoms with Crippen molar-refractivity contribution in [3.8, 4) is 0 Å². The van der Waals surface area contributed by atoms with Crippen LogP contribution < -0.4 is 5.32 Å². The minimum Gasteiger partial charge on any atom is -0.311 e. The summed E-state index contributed by atoms with van der Waals surface area (Å²) in [4.78, 5) is 4.22. The zero-order valence-electron chi connectivity index (χ0n) is 11.9. The van der Waals surface area contributed by atoms with Gasteiger partial charge in [0.25, 0.3) is 0 Å². The van der Waals surface area contributed by atoms with E-state index in [0.29, 0.717) is 12.1 Å². The predicted octanol–water partition coefficient (Wildman–Crippen LogP) is 3.00. The van der Waals surface area contributed by atoms with Gasteiger partial charge in [-0.05, 0) is 30.7 Å². The van der Waals surface area contributed by atoms with Crippen molar-refractivity contribution in [2.24, 2.45) is 5.92 Å². The van der Waals surface area contributed by atoms with E-state index in [1.54, 1.807) is 0 Å². The number of rotatable bonds is 5. The van der Waals surface area contributed by atoms with E-state index >= 15 is 0 Å². The van der Waals surface area contributed by atoms with Gasteiger partial charge in [-0.15, -0.1) is 11.3 Å². The summed E-state index contributed by atoms with van der Waals surface area (Å²) in [6.45, 7) is 10.5. The summed E-state index contributed by atoms with van der Waals surface area (Å²) in [5.41, 5.74) is 0. The molecular weight excluding hydrogens is 240 g/mol. The summed E-state index contributed by atoms with van der Waals surface area (Å²) in [5.74, 6) is 0.785. The van der Waals surface area contributed by atoms with E-state index in [1.165, 1.54) is 30.8 Å². The first-order valence-electron chi connectivity index (χ1n) is 7.20. The van der Waals surface area contributed by atoms with Crippen molar-refractivity contribution >= 4 is 11.3 Å². The Morgan fingerprint density at radius 2 is 2.39 bits per heavy atom. The molecule has 3 atom stereocenters. The van der Waals surface area contributed by atoms with Crippen molar-refractivity contribution in [1.82, 2.24) is 10.2 Å². The van der Waals surface area contributed by atoms with Crippen LogP contribution in [0.3, 0.4) is 0 Å². The Bertz CT molecular complexity index is 336. The van der Waals surface area contributed by atoms with E-state index < -0.39 is 0 Å². The third-order valence-corrected chi connectivity index (χ3v) is 5.12. The van der Waals surface area contributed by atoms with Crippen LogP contribution in [0.4, 0.5) is 0 Å². The fraction of sp³-hybridized carbons (Fsp3) is 0.733. The average Bonchev–Trinajstić information content (AvgIpc) is 2.88. The maximum absolute atomic E-state index is 3.63. The van der Waals surface area contributed by atoms with Gasteiger partial charge in [-0.2, -0.15) is 0 Å². The van der Waals surface area contributed by atoms with Crippen LogP contribution in [-0.4, -0.2) is 36.6 Å². The molecular formula is C15H26N2S. The lowest BCUT2D eigenvalue weighted by Crippen LogP contribution is -2.57. The van der Waals surface area contributed by atoms with E-state index in [1.807, 2.05) is 11.3 Å². The minimum atomic E-state index is 0.633. The van der Waals surface area contributed by atoms with E-state index in [0.717, 1.165) is 12.5 Å². The molecule has 0 aliphatic carbocycles. The second-order valence-corrected chi connectivity index (χ2v) is 6.62. The van der Waals surface area contributed by atoms with Crippen LogP contribution in [-0.2, 0) is 6.42 Å². The van der Waals surface area contributed by atoms with Gasteiger partial charge in [-0.1, -0.05) is 26.3 Å². The maximum Gasteiger partial charge on any atom is 0.0247 e. The van der Waals surface area contributed by atoms with Gasteiger partial charge >= 0.3 is 0 Å². The summed E-state index contributed by atoms with van der Waals surface area (Å²) in [5, 5.41) is 5.81. The summed E-state index contributed by atoms with van der Waals surface area (Å²) in [6.07, 6.45) is 2.48. The van der Waals surface area contributed by atoms with Crippen molar-refractivity contribution in [2.45, 2.75) is 45.7 Å². The molecule has 2 heterocycles. The lowest BCUT2D eigenvalue weighted by molar-refractivity contribution is 0.0971. The van der Waals surface area contributed by atoms with E-state index in [2.05, 4.69) is 48.5 Å². The van der Waals surface area contributed by atoms with Gasteiger partial charge in [0.1, 0.15) is 0 Å². The van der Waals surface area contributed by atoms with Crippen LogP contribution >= 0.6 is 11.3 Å². The second kappa shape index (κ2) is 6.69. The molecule has 0 spiro atoms. The number of nitrogens with one attached hydrogen (secondary N) is 1. The van der Waals surface area contributed by atoms with Gasteiger partial charge < -0.3 is 5.32 Å². The predicted molar refractivity (Wildman–Crippen MR) is 80.3 cm³/mol. The van der Waals surface area contributed by atoms with E-state index in [-0.39, 0.29) is 0 Å². The van der Waals surface area contributed by atoms with Gasteiger partial charge in [0.05, 0.1) is 0 Å². The highest BCUT2D eigenvalue weighted by Crippen LogP contribution is 2.19. The highest BCUT2D eigenvalue weighted by molar-refractivity contribution is 7.09. The van der Waals surface area contributed by atoms with Crippen LogP contribution in [0.25, 0.3) is 0 Å². The molecule has 0 amide bonds. The number of hydrogen-bond acceptors (Lipinski definition) is 3. The van der Waals surface area contributed by atoms with Crippen molar-refractivity contribution in [3.63, 3.8) is 0 Å². The minimum absolute atomic E-state index is 0.633. The maximum atomic E-state index is 3.63. The number of hydrogen-bond donors (Lipinski definition) is 1. The number of thiophene rings is 1. The fourth-order valence-electron chi connectivity index (χ4n) is 2.80. The molecule has 0 saturated carbocycles. The van der Waals surface area contributed by atoms with Crippen LogP contribution in [0.1, 0.15) is 32.1 Å². The summed E-state index contributed by atoms with van der Waals surface area (Å²) in [6, 6.07) is 5.76. The topological polar surface area (TPSA) is 15.3 Å². The third-order valence-electron chi connectivity index (χ3n) is 4.18. The highest BCUT2D eigenvalue weighted by atomic mass is 32.1. The van der Waals surface area contributed by atoms with Gasteiger partial charge in [0.15, 0.2) is 0 Å². The van der Waals surface area contributed by atoms with Crippen LogP contribution in [0.15, 0.2) is 17.5 Å². The average molecular weight is 266 g/mol. The van der Waals surface area contributed by atoms with Gasteiger partial charge in [0, 0.05) is 36.6 Å². The van der Waals surface area contributed by atoms with Crippen molar-refractivity contribution in [3.05, 3.63) is 22.4 Å². The van der Waals surface area contributed by atoms with E-state index in [4.69, 9.17) is 0 Å². The molecule has 2 nitrogen and oxygen atoms in total. The Kier molecular flexibility index (Phi) is 5.22. The Morgan fingerprint density at radius 3 is 3.06 bits per heavy atom. The van der Waals surface area contributed by atoms with Crippen LogP contribution in [0.2, 0.25) is 0 Å². The molecule has 102 valence electrons. The first-order valence-corrected chi connectivity index (χ1v) is 8.08. The Morgan fingerprint density at radius 1 is 1.56 bits per heavy atom. The zero-order chi connectivity index (χ0) is 13.0. The molecule has 1 N–H and O–H groups in total. The quantitative estimate of drug-likeness (QED) is 0.881. The first-order chi connectivity index (χ1) is 8.70. The molecule has 1 saturated heterocycles. The largest absolute Gasteiger partial charge is 0.311 e. The van der Waals surface area contributed by atoms with Gasteiger partial charge in [-0.25, -0.2) is 0 Å². The summed E-state index contributed by atoms with van der Waals surface area (Å²) in [7, 11) is 0. The molecule has 0 bridgehead atoms. The standard InChI is InChI=1S/C15H26N2S/c1-4-12(2)15-10-16-13(3)11-17(15)8-7-14-6-5-9-18-14/h5-6,9,12-13,15-16H,4,7-8,10-11H2,1-3H3. The highest BCUT2D eigenvalue weighted by Gasteiger charge is 2.28. The number of nitrogens with zero attached hydrogens (tertiary/aromatic N) is 1. The Hall–Kier alpha value is -0.380. The monoisotopic (exact) mass is 266 g/mol. The molecule has 3 heteroatoms. The molecule has 0 radical (unpaired) electrons. The zero-order valence-corrected chi connectivity index (χ0v) is 12.7.